The highest BCUT2D eigenvalue weighted by atomic mass is 19.3. The van der Waals surface area contributed by atoms with Crippen molar-refractivity contribution in [2.45, 2.75) is 46.3 Å². The molecule has 7 nitrogen and oxygen atoms in total. The highest BCUT2D eigenvalue weighted by Gasteiger charge is 2.19. The number of rotatable bonds is 11. The first-order valence-corrected chi connectivity index (χ1v) is 10.0. The Morgan fingerprint density at radius 2 is 2.14 bits per heavy atom. The largest absolute Gasteiger partial charge is 0.490 e. The number of guanidine groups is 1. The number of nitrogens with one attached hydrogen (secondary N) is 2. The number of alkyl halides is 2. The van der Waals surface area contributed by atoms with Crippen molar-refractivity contribution in [1.29, 1.82) is 0 Å². The molecule has 1 saturated heterocycles. The summed E-state index contributed by atoms with van der Waals surface area (Å²) in [5, 5.41) is 6.34. The Kier molecular flexibility index (Phi) is 9.46. The number of ether oxygens (including phenoxy) is 2. The predicted molar refractivity (Wildman–Crippen MR) is 107 cm³/mol. The molecular weight excluding hydrogens is 382 g/mol. The van der Waals surface area contributed by atoms with Gasteiger partial charge in [-0.1, -0.05) is 12.1 Å². The molecule has 0 atom stereocenters. The highest BCUT2D eigenvalue weighted by molar-refractivity contribution is 5.80. The van der Waals surface area contributed by atoms with E-state index in [2.05, 4.69) is 20.4 Å². The number of halogens is 2. The molecular formula is C20H30F2N4O3. The van der Waals surface area contributed by atoms with Gasteiger partial charge in [0.15, 0.2) is 17.5 Å². The van der Waals surface area contributed by atoms with Crippen LogP contribution >= 0.6 is 0 Å². The number of hydrogen-bond acceptors (Lipinski definition) is 4. The molecule has 1 heterocycles. The van der Waals surface area contributed by atoms with Gasteiger partial charge >= 0.3 is 6.61 Å². The quantitative estimate of drug-likeness (QED) is 0.332. The van der Waals surface area contributed by atoms with E-state index in [4.69, 9.17) is 4.74 Å². The third-order valence-corrected chi connectivity index (χ3v) is 4.39. The topological polar surface area (TPSA) is 75.2 Å². The van der Waals surface area contributed by atoms with E-state index in [1.165, 1.54) is 0 Å². The van der Waals surface area contributed by atoms with Crippen molar-refractivity contribution in [2.75, 3.05) is 32.8 Å². The molecule has 2 rings (SSSR count). The van der Waals surface area contributed by atoms with Gasteiger partial charge in [0.2, 0.25) is 5.91 Å². The molecule has 0 aromatic heterocycles. The third kappa shape index (κ3) is 7.40. The molecule has 0 spiro atoms. The SMILES string of the molecule is CCNC(=NCc1cccc(OCC)c1OC(F)F)NCCCN1CCCC1=O. The maximum Gasteiger partial charge on any atom is 0.387 e. The van der Waals surface area contributed by atoms with Gasteiger partial charge in [-0.2, -0.15) is 8.78 Å². The lowest BCUT2D eigenvalue weighted by Crippen LogP contribution is -2.39. The standard InChI is InChI=1S/C20H30F2N4O3/c1-3-23-20(24-11-7-13-26-12-6-10-17(26)27)25-14-15-8-5-9-16(28-4-2)18(15)29-19(21)22/h5,8-9,19H,3-4,6-7,10-14H2,1-2H3,(H2,23,24,25). The van der Waals surface area contributed by atoms with Gasteiger partial charge in [-0.05, 0) is 32.8 Å². The minimum Gasteiger partial charge on any atom is -0.490 e. The summed E-state index contributed by atoms with van der Waals surface area (Å²) in [5.74, 6) is 1.07. The van der Waals surface area contributed by atoms with Crippen LogP contribution in [0, 0.1) is 0 Å². The van der Waals surface area contributed by atoms with Crippen molar-refractivity contribution in [3.63, 3.8) is 0 Å². The van der Waals surface area contributed by atoms with Crippen LogP contribution in [0.2, 0.25) is 0 Å². The molecule has 0 saturated carbocycles. The van der Waals surface area contributed by atoms with Gasteiger partial charge in [-0.15, -0.1) is 0 Å². The number of likely N-dealkylation sites (tertiary alicyclic amines) is 1. The number of carbonyl (C=O) groups is 1. The molecule has 1 fully saturated rings. The lowest BCUT2D eigenvalue weighted by molar-refractivity contribution is -0.127. The molecule has 0 unspecified atom stereocenters. The molecule has 29 heavy (non-hydrogen) atoms. The molecule has 1 amide bonds. The van der Waals surface area contributed by atoms with E-state index in [0.29, 0.717) is 44.2 Å². The van der Waals surface area contributed by atoms with E-state index in [9.17, 15) is 13.6 Å². The maximum absolute atomic E-state index is 12.8. The van der Waals surface area contributed by atoms with E-state index in [-0.39, 0.29) is 24.0 Å². The zero-order valence-corrected chi connectivity index (χ0v) is 17.0. The summed E-state index contributed by atoms with van der Waals surface area (Å²) in [4.78, 5) is 18.0. The van der Waals surface area contributed by atoms with Crippen LogP contribution in [0.15, 0.2) is 23.2 Å². The lowest BCUT2D eigenvalue weighted by Gasteiger charge is -2.17. The van der Waals surface area contributed by atoms with Crippen LogP contribution in [0.25, 0.3) is 0 Å². The number of carbonyl (C=O) groups excluding carboxylic acids is 1. The second-order valence-electron chi connectivity index (χ2n) is 6.52. The van der Waals surface area contributed by atoms with Gasteiger partial charge in [0.05, 0.1) is 13.2 Å². The first-order chi connectivity index (χ1) is 14.0. The van der Waals surface area contributed by atoms with Crippen molar-refractivity contribution < 1.29 is 23.0 Å². The van der Waals surface area contributed by atoms with Crippen LogP contribution in [0.5, 0.6) is 11.5 Å². The molecule has 1 aliphatic heterocycles. The molecule has 1 aliphatic rings. The van der Waals surface area contributed by atoms with Crippen LogP contribution in [-0.4, -0.2) is 56.2 Å². The molecule has 1 aromatic rings. The predicted octanol–water partition coefficient (Wildman–Crippen LogP) is 2.75. The van der Waals surface area contributed by atoms with Gasteiger partial charge in [0.25, 0.3) is 0 Å². The van der Waals surface area contributed by atoms with E-state index < -0.39 is 6.61 Å². The zero-order valence-electron chi connectivity index (χ0n) is 17.0. The van der Waals surface area contributed by atoms with Crippen LogP contribution in [0.3, 0.4) is 0 Å². The number of aliphatic imine (C=N–C) groups is 1. The summed E-state index contributed by atoms with van der Waals surface area (Å²) in [6.45, 7) is 4.13. The van der Waals surface area contributed by atoms with E-state index >= 15 is 0 Å². The number of benzene rings is 1. The summed E-state index contributed by atoms with van der Waals surface area (Å²) in [6.07, 6.45) is 2.37. The fourth-order valence-electron chi connectivity index (χ4n) is 3.10. The summed E-state index contributed by atoms with van der Waals surface area (Å²) in [7, 11) is 0. The van der Waals surface area contributed by atoms with Gasteiger partial charge in [0.1, 0.15) is 0 Å². The minimum atomic E-state index is -2.95. The second-order valence-corrected chi connectivity index (χ2v) is 6.52. The van der Waals surface area contributed by atoms with Crippen molar-refractivity contribution in [2.24, 2.45) is 4.99 Å². The third-order valence-electron chi connectivity index (χ3n) is 4.39. The van der Waals surface area contributed by atoms with Crippen LogP contribution in [0.4, 0.5) is 8.78 Å². The molecule has 1 aromatic carbocycles. The molecule has 162 valence electrons. The first-order valence-electron chi connectivity index (χ1n) is 10.0. The molecule has 0 bridgehead atoms. The molecule has 0 radical (unpaired) electrons. The van der Waals surface area contributed by atoms with Crippen LogP contribution < -0.4 is 20.1 Å². The number of amides is 1. The minimum absolute atomic E-state index is 0.0106. The normalized spacial score (nSPS) is 14.4. The van der Waals surface area contributed by atoms with Crippen molar-refractivity contribution in [3.05, 3.63) is 23.8 Å². The zero-order chi connectivity index (χ0) is 21.1. The Morgan fingerprint density at radius 3 is 2.79 bits per heavy atom. The second kappa shape index (κ2) is 12.1. The van der Waals surface area contributed by atoms with Gasteiger partial charge in [-0.3, -0.25) is 4.79 Å². The van der Waals surface area contributed by atoms with Gasteiger partial charge < -0.3 is 25.0 Å². The summed E-state index contributed by atoms with van der Waals surface area (Å²) >= 11 is 0. The molecule has 0 aliphatic carbocycles. The number of nitrogens with zero attached hydrogens (tertiary/aromatic N) is 2. The Labute approximate surface area is 170 Å². The monoisotopic (exact) mass is 412 g/mol. The first kappa shape index (κ1) is 22.7. The smallest absolute Gasteiger partial charge is 0.387 e. The maximum atomic E-state index is 12.8. The fraction of sp³-hybridized carbons (Fsp3) is 0.600. The van der Waals surface area contributed by atoms with Gasteiger partial charge in [-0.25, -0.2) is 4.99 Å². The summed E-state index contributed by atoms with van der Waals surface area (Å²) < 4.78 is 35.8. The fourth-order valence-corrected chi connectivity index (χ4v) is 3.10. The molecule has 2 N–H and O–H groups in total. The van der Waals surface area contributed by atoms with Crippen LogP contribution in [0.1, 0.15) is 38.7 Å². The average Bonchev–Trinajstić information content (AvgIpc) is 3.09. The number of para-hydroxylation sites is 1. The Bertz CT molecular complexity index is 686. The molecule has 9 heteroatoms. The van der Waals surface area contributed by atoms with Gasteiger partial charge in [0, 0.05) is 38.2 Å². The lowest BCUT2D eigenvalue weighted by atomic mass is 10.2. The average molecular weight is 412 g/mol. The van der Waals surface area contributed by atoms with E-state index in [1.54, 1.807) is 25.1 Å². The van der Waals surface area contributed by atoms with E-state index in [0.717, 1.165) is 19.4 Å². The van der Waals surface area contributed by atoms with Crippen LogP contribution in [-0.2, 0) is 11.3 Å². The van der Waals surface area contributed by atoms with E-state index in [1.807, 2.05) is 11.8 Å². The Morgan fingerprint density at radius 1 is 1.31 bits per heavy atom. The van der Waals surface area contributed by atoms with Crippen molar-refractivity contribution in [3.8, 4) is 11.5 Å². The van der Waals surface area contributed by atoms with Crippen molar-refractivity contribution in [1.82, 2.24) is 15.5 Å². The van der Waals surface area contributed by atoms with Crippen molar-refractivity contribution >= 4 is 11.9 Å². The summed E-state index contributed by atoms with van der Waals surface area (Å²) in [5.41, 5.74) is 0.510. The Balaban J connectivity index is 1.97. The number of hydrogen-bond donors (Lipinski definition) is 2. The Hall–Kier alpha value is -2.58. The summed E-state index contributed by atoms with van der Waals surface area (Å²) in [6, 6.07) is 5.01. The highest BCUT2D eigenvalue weighted by Crippen LogP contribution is 2.33.